The molecule has 1 aromatic carbocycles. The zero-order valence-electron chi connectivity index (χ0n) is 15.4. The lowest BCUT2D eigenvalue weighted by Gasteiger charge is -2.13. The molecular weight excluding hydrogens is 445 g/mol. The molecule has 5 nitrogen and oxygen atoms in total. The summed E-state index contributed by atoms with van der Waals surface area (Å²) >= 11 is 1.75. The molecule has 1 heterocycles. The standard InChI is InChI=1S/C18H27N5S.HI/c1-5-16-11-20-17(24-16)12-22-18(19-2)21-10-14-7-6-8-15(9-14)13-23(3)4;/h6-9,11H,5,10,12-13H2,1-4H3,(H2,19,21,22);1H. The van der Waals surface area contributed by atoms with Crippen LogP contribution < -0.4 is 10.6 Å². The van der Waals surface area contributed by atoms with Crippen LogP contribution in [0, 0.1) is 0 Å². The number of rotatable bonds is 7. The fourth-order valence-corrected chi connectivity index (χ4v) is 3.16. The van der Waals surface area contributed by atoms with Crippen LogP contribution in [0.2, 0.25) is 0 Å². The van der Waals surface area contributed by atoms with Crippen LogP contribution in [0.25, 0.3) is 0 Å². The van der Waals surface area contributed by atoms with Gasteiger partial charge in [0.2, 0.25) is 0 Å². The summed E-state index contributed by atoms with van der Waals surface area (Å²) in [6.07, 6.45) is 2.99. The molecule has 7 heteroatoms. The molecule has 2 N–H and O–H groups in total. The number of thiazole rings is 1. The molecule has 0 fully saturated rings. The van der Waals surface area contributed by atoms with Crippen molar-refractivity contribution in [3.05, 3.63) is 51.5 Å². The second-order valence-corrected chi connectivity index (χ2v) is 7.11. The van der Waals surface area contributed by atoms with Gasteiger partial charge in [-0.2, -0.15) is 0 Å². The molecule has 0 atom stereocenters. The van der Waals surface area contributed by atoms with Gasteiger partial charge in [-0.25, -0.2) is 4.98 Å². The van der Waals surface area contributed by atoms with E-state index in [-0.39, 0.29) is 24.0 Å². The molecule has 0 radical (unpaired) electrons. The first-order chi connectivity index (χ1) is 11.6. The fourth-order valence-electron chi connectivity index (χ4n) is 2.36. The number of guanidine groups is 1. The summed E-state index contributed by atoms with van der Waals surface area (Å²) in [6, 6.07) is 8.63. The van der Waals surface area contributed by atoms with Crippen molar-refractivity contribution in [3.63, 3.8) is 0 Å². The number of hydrogen-bond donors (Lipinski definition) is 2. The molecule has 0 amide bonds. The third-order valence-corrected chi connectivity index (χ3v) is 4.67. The van der Waals surface area contributed by atoms with Crippen LogP contribution in [0.5, 0.6) is 0 Å². The Labute approximate surface area is 172 Å². The maximum absolute atomic E-state index is 4.42. The first-order valence-corrected chi connectivity index (χ1v) is 9.03. The lowest BCUT2D eigenvalue weighted by atomic mass is 10.1. The van der Waals surface area contributed by atoms with Gasteiger partial charge in [-0.05, 0) is 31.6 Å². The highest BCUT2D eigenvalue weighted by Crippen LogP contribution is 2.12. The average molecular weight is 473 g/mol. The van der Waals surface area contributed by atoms with Crippen molar-refractivity contribution in [2.75, 3.05) is 21.1 Å². The summed E-state index contributed by atoms with van der Waals surface area (Å²) in [5, 5.41) is 7.76. The van der Waals surface area contributed by atoms with Crippen molar-refractivity contribution in [2.24, 2.45) is 4.99 Å². The van der Waals surface area contributed by atoms with Gasteiger partial charge in [0.25, 0.3) is 0 Å². The minimum atomic E-state index is 0. The number of nitrogens with zero attached hydrogens (tertiary/aromatic N) is 3. The molecule has 0 aliphatic heterocycles. The summed E-state index contributed by atoms with van der Waals surface area (Å²) in [5.74, 6) is 0.793. The molecule has 0 unspecified atom stereocenters. The van der Waals surface area contributed by atoms with Crippen LogP contribution in [0.1, 0.15) is 27.9 Å². The summed E-state index contributed by atoms with van der Waals surface area (Å²) in [5.41, 5.74) is 2.57. The Morgan fingerprint density at radius 2 is 1.92 bits per heavy atom. The van der Waals surface area contributed by atoms with Gasteiger partial charge >= 0.3 is 0 Å². The molecule has 25 heavy (non-hydrogen) atoms. The van der Waals surface area contributed by atoms with Crippen LogP contribution in [0.15, 0.2) is 35.5 Å². The summed E-state index contributed by atoms with van der Waals surface area (Å²) in [6.45, 7) is 4.55. The van der Waals surface area contributed by atoms with E-state index in [2.05, 4.69) is 70.8 Å². The number of halogens is 1. The Morgan fingerprint density at radius 1 is 1.20 bits per heavy atom. The summed E-state index contributed by atoms with van der Waals surface area (Å²) in [4.78, 5) is 12.2. The first kappa shape index (κ1) is 21.9. The maximum atomic E-state index is 4.42. The molecule has 0 spiro atoms. The molecule has 0 saturated heterocycles. The van der Waals surface area contributed by atoms with Crippen molar-refractivity contribution < 1.29 is 0 Å². The Balaban J connectivity index is 0.00000312. The van der Waals surface area contributed by atoms with E-state index < -0.39 is 0 Å². The van der Waals surface area contributed by atoms with E-state index in [9.17, 15) is 0 Å². The van der Waals surface area contributed by atoms with Gasteiger partial charge < -0.3 is 15.5 Å². The molecule has 1 aromatic heterocycles. The largest absolute Gasteiger partial charge is 0.352 e. The van der Waals surface area contributed by atoms with Gasteiger partial charge in [0.05, 0.1) is 6.54 Å². The van der Waals surface area contributed by atoms with Crippen LogP contribution in [0.4, 0.5) is 0 Å². The number of nitrogens with one attached hydrogen (secondary N) is 2. The van der Waals surface area contributed by atoms with Crippen molar-refractivity contribution >= 4 is 41.3 Å². The van der Waals surface area contributed by atoms with Crippen molar-refractivity contribution in [3.8, 4) is 0 Å². The van der Waals surface area contributed by atoms with Gasteiger partial charge in [-0.15, -0.1) is 35.3 Å². The zero-order chi connectivity index (χ0) is 17.4. The van der Waals surface area contributed by atoms with Crippen LogP contribution >= 0.6 is 35.3 Å². The number of aromatic nitrogens is 1. The van der Waals surface area contributed by atoms with Crippen molar-refractivity contribution in [1.29, 1.82) is 0 Å². The third-order valence-electron chi connectivity index (χ3n) is 3.53. The second-order valence-electron chi connectivity index (χ2n) is 5.91. The lowest BCUT2D eigenvalue weighted by molar-refractivity contribution is 0.402. The van der Waals surface area contributed by atoms with Gasteiger partial charge in [0.1, 0.15) is 5.01 Å². The first-order valence-electron chi connectivity index (χ1n) is 8.21. The maximum Gasteiger partial charge on any atom is 0.191 e. The molecule has 2 rings (SSSR count). The van der Waals surface area contributed by atoms with Gasteiger partial charge in [0.15, 0.2) is 5.96 Å². The highest BCUT2D eigenvalue weighted by molar-refractivity contribution is 14.0. The number of aryl methyl sites for hydroxylation is 1. The predicted molar refractivity (Wildman–Crippen MR) is 118 cm³/mol. The van der Waals surface area contributed by atoms with E-state index in [4.69, 9.17) is 0 Å². The van der Waals surface area contributed by atoms with Crippen molar-refractivity contribution in [1.82, 2.24) is 20.5 Å². The minimum Gasteiger partial charge on any atom is -0.352 e. The SMILES string of the molecule is CCc1cnc(CNC(=NC)NCc2cccc(CN(C)C)c2)s1.I. The monoisotopic (exact) mass is 473 g/mol. The third kappa shape index (κ3) is 7.70. The molecule has 0 aliphatic rings. The van der Waals surface area contributed by atoms with E-state index in [1.54, 1.807) is 18.4 Å². The van der Waals surface area contributed by atoms with Gasteiger partial charge in [-0.1, -0.05) is 31.2 Å². The molecule has 138 valence electrons. The number of hydrogen-bond acceptors (Lipinski definition) is 4. The van der Waals surface area contributed by atoms with E-state index in [0.717, 1.165) is 30.5 Å². The highest BCUT2D eigenvalue weighted by atomic mass is 127. The number of aliphatic imine (C=N–C) groups is 1. The Kier molecular flexibility index (Phi) is 9.99. The van der Waals surface area contributed by atoms with E-state index in [1.165, 1.54) is 16.0 Å². The zero-order valence-corrected chi connectivity index (χ0v) is 18.5. The normalized spacial score (nSPS) is 11.3. The lowest BCUT2D eigenvalue weighted by Crippen LogP contribution is -2.36. The minimum absolute atomic E-state index is 0. The quantitative estimate of drug-likeness (QED) is 0.369. The topological polar surface area (TPSA) is 52.6 Å². The summed E-state index contributed by atoms with van der Waals surface area (Å²) in [7, 11) is 5.95. The smallest absolute Gasteiger partial charge is 0.191 e. The molecular formula is C18H28IN5S. The Hall–Kier alpha value is -1.19. The van der Waals surface area contributed by atoms with Crippen molar-refractivity contribution in [2.45, 2.75) is 33.0 Å². The Bertz CT molecular complexity index is 669. The van der Waals surface area contributed by atoms with E-state index >= 15 is 0 Å². The van der Waals surface area contributed by atoms with Crippen LogP contribution in [-0.2, 0) is 26.1 Å². The highest BCUT2D eigenvalue weighted by Gasteiger charge is 2.03. The second kappa shape index (κ2) is 11.4. The average Bonchev–Trinajstić information content (AvgIpc) is 3.03. The molecule has 0 bridgehead atoms. The van der Waals surface area contributed by atoms with Crippen LogP contribution in [0.3, 0.4) is 0 Å². The fraction of sp³-hybridized carbons (Fsp3) is 0.444. The van der Waals surface area contributed by atoms with E-state index in [0.29, 0.717) is 6.54 Å². The molecule has 0 aliphatic carbocycles. The number of benzene rings is 1. The molecule has 0 saturated carbocycles. The predicted octanol–water partition coefficient (Wildman–Crippen LogP) is 3.25. The molecule has 2 aromatic rings. The Morgan fingerprint density at radius 3 is 2.56 bits per heavy atom. The van der Waals surface area contributed by atoms with Gasteiger partial charge in [0, 0.05) is 31.2 Å². The van der Waals surface area contributed by atoms with E-state index in [1.807, 2.05) is 6.20 Å². The van der Waals surface area contributed by atoms with Crippen LogP contribution in [-0.4, -0.2) is 37.0 Å². The van der Waals surface area contributed by atoms with Gasteiger partial charge in [-0.3, -0.25) is 4.99 Å². The summed E-state index contributed by atoms with van der Waals surface area (Å²) < 4.78 is 0.